The summed E-state index contributed by atoms with van der Waals surface area (Å²) in [4.78, 5) is 154. The van der Waals surface area contributed by atoms with Gasteiger partial charge in [0, 0.05) is 143 Å². The van der Waals surface area contributed by atoms with Crippen LogP contribution in [-0.4, -0.2) is 161 Å². The van der Waals surface area contributed by atoms with Crippen LogP contribution >= 0.6 is 15.6 Å². The van der Waals surface area contributed by atoms with Crippen LogP contribution < -0.4 is 27.4 Å². The quantitative estimate of drug-likeness (QED) is 0.00485. The minimum atomic E-state index is -1.77. The second-order valence-corrected chi connectivity index (χ2v) is 34.5. The fourth-order valence-electron chi connectivity index (χ4n) is 11.3. The number of carbonyl (C=O) groups excluding carboxylic acids is 13. The Bertz CT molecular complexity index is 5630. The van der Waals surface area contributed by atoms with Crippen LogP contribution in [-0.2, 0) is 160 Å². The Labute approximate surface area is 812 Å². The zero-order valence-electron chi connectivity index (χ0n) is 75.6. The van der Waals surface area contributed by atoms with E-state index in [1.54, 1.807) is 191 Å². The summed E-state index contributed by atoms with van der Waals surface area (Å²) < 4.78 is 119. The number of carbonyl (C=O) groups is 13. The molecule has 5 heterocycles. The molecular formula is C92H109F5N10O21P2Y2. The van der Waals surface area contributed by atoms with Crippen molar-refractivity contribution in [1.82, 2.24) is 22.8 Å². The number of hydrogen-bond donors (Lipinski definition) is 5. The molecule has 0 saturated carbocycles. The van der Waals surface area contributed by atoms with Gasteiger partial charge in [0.25, 0.3) is 0 Å². The van der Waals surface area contributed by atoms with Crippen LogP contribution in [0.3, 0.4) is 0 Å². The molecule has 10 aromatic rings. The van der Waals surface area contributed by atoms with E-state index in [9.17, 15) is 93.4 Å². The summed E-state index contributed by atoms with van der Waals surface area (Å²) in [6.07, 6.45) is 5.98. The summed E-state index contributed by atoms with van der Waals surface area (Å²) in [7, 11) is -2.89. The topological polar surface area (TPSA) is 446 Å². The van der Waals surface area contributed by atoms with Crippen LogP contribution in [0.2, 0.25) is 0 Å². The molecule has 132 heavy (non-hydrogen) atoms. The van der Waals surface area contributed by atoms with Crippen molar-refractivity contribution in [1.29, 1.82) is 0 Å². The third-order valence-corrected chi connectivity index (χ3v) is 18.9. The van der Waals surface area contributed by atoms with Gasteiger partial charge in [-0.1, -0.05) is 67.6 Å². The van der Waals surface area contributed by atoms with Crippen molar-refractivity contribution in [2.24, 2.45) is 0 Å². The number of ether oxygens (including phenoxy) is 5. The van der Waals surface area contributed by atoms with Crippen LogP contribution in [0.5, 0.6) is 0 Å². The maximum absolute atomic E-state index is 13.2. The molecule has 9 N–H and O–H groups in total. The van der Waals surface area contributed by atoms with Gasteiger partial charge in [-0.3, -0.25) is 49.0 Å². The average Bonchev–Trinajstić information content (AvgIpc) is 1.68. The molecule has 2 radical (unpaired) electrons. The Kier molecular flexibility index (Phi) is 50.4. The minimum Gasteiger partial charge on any atom is -0.460 e. The number of nitrogen functional groups attached to an aromatic ring is 2. The van der Waals surface area contributed by atoms with Gasteiger partial charge in [0.15, 0.2) is 28.9 Å². The summed E-state index contributed by atoms with van der Waals surface area (Å²) in [6, 6.07) is 37.1. The molecule has 0 aliphatic rings. The fraction of sp³-hybridized carbons (Fsp3) is 0.315. The van der Waals surface area contributed by atoms with Crippen LogP contribution in [0.1, 0.15) is 183 Å². The Morgan fingerprint density at radius 1 is 0.364 bits per heavy atom. The molecule has 0 bridgehead atoms. The van der Waals surface area contributed by atoms with Crippen molar-refractivity contribution in [3.63, 3.8) is 0 Å². The van der Waals surface area contributed by atoms with E-state index in [0.717, 1.165) is 28.4 Å². The van der Waals surface area contributed by atoms with Crippen LogP contribution in [0.25, 0.3) is 0 Å². The van der Waals surface area contributed by atoms with E-state index in [2.05, 4.69) is 30.2 Å². The molecule has 5 aromatic carbocycles. The predicted octanol–water partition coefficient (Wildman–Crippen LogP) is 15.7. The molecule has 0 fully saturated rings. The molecule has 2 amide bonds. The average molecular weight is 2030 g/mol. The second kappa shape index (κ2) is 57.0. The van der Waals surface area contributed by atoms with E-state index < -0.39 is 117 Å². The Morgan fingerprint density at radius 2 is 0.591 bits per heavy atom. The van der Waals surface area contributed by atoms with Gasteiger partial charge < -0.3 is 77.9 Å². The standard InChI is InChI=1S/C22H25FN2O6.C19H22FN2O5P.C18H21FN2O3.C17H17FN2O4.C13H13FN2O.C3H9OP.H2O.2Y/c1-5-30-20(28)19(27)11-18(26)17-10-16(24-21(29)31-22(2,3)4)13-25(17)12-14-6-8-15(23)9-7-14;1-3-27-19(25)18(24)9-17(23)16-8-15(21-12-28(2)26)11-22(16)10-13-4-6-14(20)7-5-13;1-12(22)16-9-15(20-17(23)24-18(2,3)4)11-21(16)10-13-5-7-14(19)8-6-13;1-2-24-17(23)16(22)8-15(21)14-7-13(19)10-20(14)9-11-3-5-12(18)6-4-11;1-9(17)13-6-12(15)8-16(13)7-10-2-4-11(14)5-3-10;1-3-5(2)4;;;/h6-10,13H,5,11-12H2,1-4H3,(H,24,29);4-8,11,21,28H,3,9-10,12H2,1-2H3;5-9,11H,10H2,1-4H3,(H,20,23);3-7,10H,2,8-9,19H2,1H3;2-6,8H,7,15H2,1H3;5H,3H2,1-2H3;1H2;;. The number of nitrogens with zero attached hydrogens (tertiary/aromatic N) is 5. The number of nitrogens with two attached hydrogens (primary N) is 2. The first-order valence-electron chi connectivity index (χ1n) is 40.3. The molecule has 704 valence electrons. The summed E-state index contributed by atoms with van der Waals surface area (Å²) in [5.74, 6) is -9.55. The summed E-state index contributed by atoms with van der Waals surface area (Å²) in [5.41, 5.74) is 17.7. The number of ketones is 8. The SMILES string of the molecule is CC(=O)c1cc(N)cn1Cc1ccc(F)cc1.CC(=O)c1cc(NC(=O)OC(C)(C)C)cn1Cc1ccc(F)cc1.CCOC(=O)C(=O)CC(=O)c1cc(N)cn1Cc1ccc(F)cc1.CCOC(=O)C(=O)CC(=O)c1cc(NC(=O)OC(C)(C)C)cn1Cc1ccc(F)cc1.CCOC(=O)C(=O)CC(=O)c1cc(NC[PH](C)=O)cn1Cc1ccc(F)cc1.CC[PH](C)=O.O.[Y].[Y]. The molecule has 0 aliphatic carbocycles. The van der Waals surface area contributed by atoms with Gasteiger partial charge in [-0.05, 0) is 201 Å². The van der Waals surface area contributed by atoms with Gasteiger partial charge in [-0.15, -0.1) is 0 Å². The third-order valence-electron chi connectivity index (χ3n) is 17.2. The first-order chi connectivity index (χ1) is 60.6. The zero-order valence-corrected chi connectivity index (χ0v) is 83.3. The largest absolute Gasteiger partial charge is 0.460 e. The van der Waals surface area contributed by atoms with Gasteiger partial charge in [0.2, 0.25) is 17.3 Å². The second-order valence-electron chi connectivity index (χ2n) is 30.6. The monoisotopic (exact) mass is 2020 g/mol. The summed E-state index contributed by atoms with van der Waals surface area (Å²) in [6.45, 7) is 25.1. The van der Waals surface area contributed by atoms with Gasteiger partial charge in [0.05, 0.1) is 118 Å². The number of aromatic nitrogens is 5. The predicted molar refractivity (Wildman–Crippen MR) is 482 cm³/mol. The number of amides is 2. The Balaban J connectivity index is 0.000000553. The molecular weight excluding hydrogens is 1920 g/mol. The first-order valence-corrected chi connectivity index (χ1v) is 44.6. The molecule has 5 aromatic heterocycles. The number of anilines is 5. The van der Waals surface area contributed by atoms with Crippen molar-refractivity contribution in [2.45, 2.75) is 146 Å². The fourth-order valence-corrected chi connectivity index (χ4v) is 11.8. The van der Waals surface area contributed by atoms with Crippen molar-refractivity contribution < 1.29 is 188 Å². The summed E-state index contributed by atoms with van der Waals surface area (Å²) in [5, 5.41) is 8.12. The zero-order chi connectivity index (χ0) is 96.2. The normalized spacial score (nSPS) is 10.9. The molecule has 0 spiro atoms. The molecule has 10 rings (SSSR count). The van der Waals surface area contributed by atoms with Gasteiger partial charge in [0.1, 0.15) is 40.3 Å². The number of rotatable bonds is 33. The first kappa shape index (κ1) is 117. The van der Waals surface area contributed by atoms with Crippen molar-refractivity contribution in [3.05, 3.63) is 268 Å². The van der Waals surface area contributed by atoms with Gasteiger partial charge >= 0.3 is 30.1 Å². The smallest absolute Gasteiger partial charge is 0.412 e. The van der Waals surface area contributed by atoms with Crippen LogP contribution in [0, 0.1) is 29.1 Å². The van der Waals surface area contributed by atoms with Crippen LogP contribution in [0.15, 0.2) is 183 Å². The van der Waals surface area contributed by atoms with Crippen molar-refractivity contribution >= 4 is 120 Å². The molecule has 2 unspecified atom stereocenters. The van der Waals surface area contributed by atoms with E-state index >= 15 is 0 Å². The molecule has 0 saturated heterocycles. The molecule has 2 atom stereocenters. The molecule has 0 aliphatic heterocycles. The van der Waals surface area contributed by atoms with E-state index in [0.29, 0.717) is 52.8 Å². The van der Waals surface area contributed by atoms with Gasteiger partial charge in [-0.25, -0.2) is 45.9 Å². The number of halogens is 5. The third kappa shape index (κ3) is 42.4. The number of benzene rings is 5. The minimum absolute atomic E-state index is 0. The van der Waals surface area contributed by atoms with Crippen molar-refractivity contribution in [3.8, 4) is 0 Å². The molecule has 31 nitrogen and oxygen atoms in total. The van der Waals surface area contributed by atoms with Crippen molar-refractivity contribution in [2.75, 3.05) is 73.0 Å². The van der Waals surface area contributed by atoms with E-state index in [1.807, 2.05) is 6.92 Å². The number of hydrogen-bond acceptors (Lipinski definition) is 23. The Hall–Kier alpha value is -11.5. The summed E-state index contributed by atoms with van der Waals surface area (Å²) >= 11 is 0. The number of Topliss-reactive ketones (excluding diaryl/α,β-unsaturated/α-hetero) is 8. The van der Waals surface area contributed by atoms with E-state index in [1.165, 1.54) is 103 Å². The number of esters is 3. The van der Waals surface area contributed by atoms with Crippen LogP contribution in [0.4, 0.5) is 60.0 Å². The maximum Gasteiger partial charge on any atom is 0.412 e. The van der Waals surface area contributed by atoms with E-state index in [-0.39, 0.29) is 174 Å². The number of nitrogens with one attached hydrogen (secondary N) is 3. The van der Waals surface area contributed by atoms with E-state index in [4.69, 9.17) is 20.9 Å². The maximum atomic E-state index is 13.2. The Morgan fingerprint density at radius 3 is 0.848 bits per heavy atom. The molecule has 40 heteroatoms. The van der Waals surface area contributed by atoms with Gasteiger partial charge in [-0.2, -0.15) is 0 Å².